The van der Waals surface area contributed by atoms with Gasteiger partial charge in [0.05, 0.1) is 5.69 Å². The largest absolute Gasteiger partial charge is 0.508 e. The molecule has 84 valence electrons. The molecule has 0 unspecified atom stereocenters. The monoisotopic (exact) mass is 219 g/mol. The number of hydrogen-bond acceptors (Lipinski definition) is 3. The molecule has 0 spiro atoms. The van der Waals surface area contributed by atoms with Gasteiger partial charge in [0.15, 0.2) is 6.61 Å². The molecule has 1 aromatic carbocycles. The summed E-state index contributed by atoms with van der Waals surface area (Å²) in [5, 5.41) is 9.32. The number of nitrogens with zero attached hydrogens (tertiary/aromatic N) is 1. The molecule has 0 aliphatic carbocycles. The molecule has 0 fully saturated rings. The number of benzene rings is 1. The van der Waals surface area contributed by atoms with Crippen LogP contribution in [-0.2, 0) is 4.79 Å². The second-order valence-electron chi connectivity index (χ2n) is 3.88. The Kier molecular flexibility index (Phi) is 2.56. The third-order valence-corrected chi connectivity index (χ3v) is 2.31. The predicted octanol–water partition coefficient (Wildman–Crippen LogP) is 1.69. The van der Waals surface area contributed by atoms with Gasteiger partial charge in [0, 0.05) is 12.6 Å². The van der Waals surface area contributed by atoms with Crippen LogP contribution in [0.5, 0.6) is 11.5 Å². The van der Waals surface area contributed by atoms with Crippen LogP contribution >= 0.6 is 0 Å². The van der Waals surface area contributed by atoms with Gasteiger partial charge in [-0.25, -0.2) is 0 Å². The van der Waals surface area contributed by atoms with Crippen molar-refractivity contribution in [2.75, 3.05) is 18.1 Å². The summed E-state index contributed by atoms with van der Waals surface area (Å²) >= 11 is 0. The van der Waals surface area contributed by atoms with E-state index in [1.807, 2.05) is 6.92 Å². The minimum absolute atomic E-state index is 0.00370. The summed E-state index contributed by atoms with van der Waals surface area (Å²) in [6.07, 6.45) is 0. The van der Waals surface area contributed by atoms with E-state index in [0.29, 0.717) is 18.0 Å². The Morgan fingerprint density at radius 2 is 2.38 bits per heavy atom. The maximum atomic E-state index is 11.7. The lowest BCUT2D eigenvalue weighted by Crippen LogP contribution is -2.39. The SMILES string of the molecule is C=C(C)CN1C(=O)COc2cc(O)ccc21. The molecule has 1 aliphatic rings. The summed E-state index contributed by atoms with van der Waals surface area (Å²) in [4.78, 5) is 13.3. The van der Waals surface area contributed by atoms with Gasteiger partial charge in [-0.1, -0.05) is 12.2 Å². The molecule has 1 aromatic rings. The van der Waals surface area contributed by atoms with Gasteiger partial charge in [-0.05, 0) is 19.1 Å². The molecule has 1 heterocycles. The van der Waals surface area contributed by atoms with E-state index in [-0.39, 0.29) is 18.3 Å². The maximum absolute atomic E-state index is 11.7. The number of aromatic hydroxyl groups is 1. The van der Waals surface area contributed by atoms with Crippen molar-refractivity contribution in [3.05, 3.63) is 30.4 Å². The van der Waals surface area contributed by atoms with E-state index < -0.39 is 0 Å². The van der Waals surface area contributed by atoms with Crippen molar-refractivity contribution in [1.82, 2.24) is 0 Å². The van der Waals surface area contributed by atoms with Gasteiger partial charge in [0.1, 0.15) is 11.5 Å². The number of amides is 1. The van der Waals surface area contributed by atoms with Gasteiger partial charge >= 0.3 is 0 Å². The fourth-order valence-electron chi connectivity index (χ4n) is 1.64. The molecule has 4 nitrogen and oxygen atoms in total. The van der Waals surface area contributed by atoms with E-state index in [4.69, 9.17) is 4.74 Å². The lowest BCUT2D eigenvalue weighted by molar-refractivity contribution is -0.121. The number of phenolic OH excluding ortho intramolecular Hbond substituents is 1. The molecule has 0 atom stereocenters. The summed E-state index contributed by atoms with van der Waals surface area (Å²) in [6.45, 7) is 6.13. The summed E-state index contributed by atoms with van der Waals surface area (Å²) in [5.74, 6) is 0.561. The van der Waals surface area contributed by atoms with Gasteiger partial charge in [0.2, 0.25) is 0 Å². The zero-order valence-electron chi connectivity index (χ0n) is 9.06. The number of phenols is 1. The Hall–Kier alpha value is -1.97. The standard InChI is InChI=1S/C12H13NO3/c1-8(2)6-13-10-4-3-9(14)5-11(10)16-7-12(13)15/h3-5,14H,1,6-7H2,2H3. The van der Waals surface area contributed by atoms with Crippen molar-refractivity contribution >= 4 is 11.6 Å². The zero-order chi connectivity index (χ0) is 11.7. The van der Waals surface area contributed by atoms with E-state index in [0.717, 1.165) is 5.57 Å². The smallest absolute Gasteiger partial charge is 0.265 e. The first-order valence-corrected chi connectivity index (χ1v) is 4.98. The first-order valence-electron chi connectivity index (χ1n) is 4.98. The summed E-state index contributed by atoms with van der Waals surface area (Å²) < 4.78 is 5.25. The molecular weight excluding hydrogens is 206 g/mol. The number of rotatable bonds is 2. The number of carbonyl (C=O) groups is 1. The predicted molar refractivity (Wildman–Crippen MR) is 60.8 cm³/mol. The van der Waals surface area contributed by atoms with Crippen LogP contribution in [0.2, 0.25) is 0 Å². The van der Waals surface area contributed by atoms with Gasteiger partial charge in [-0.15, -0.1) is 0 Å². The molecule has 4 heteroatoms. The number of hydrogen-bond donors (Lipinski definition) is 1. The van der Waals surface area contributed by atoms with E-state index in [9.17, 15) is 9.90 Å². The average Bonchev–Trinajstić information content (AvgIpc) is 2.22. The number of ether oxygens (including phenoxy) is 1. The highest BCUT2D eigenvalue weighted by Crippen LogP contribution is 2.35. The summed E-state index contributed by atoms with van der Waals surface area (Å²) in [7, 11) is 0. The van der Waals surface area contributed by atoms with E-state index >= 15 is 0 Å². The van der Waals surface area contributed by atoms with Crippen molar-refractivity contribution in [3.8, 4) is 11.5 Å². The van der Waals surface area contributed by atoms with E-state index in [1.54, 1.807) is 11.0 Å². The minimum Gasteiger partial charge on any atom is -0.508 e. The van der Waals surface area contributed by atoms with Crippen LogP contribution < -0.4 is 9.64 Å². The first kappa shape index (κ1) is 10.5. The van der Waals surface area contributed by atoms with Crippen molar-refractivity contribution in [3.63, 3.8) is 0 Å². The van der Waals surface area contributed by atoms with Crippen LogP contribution in [0.1, 0.15) is 6.92 Å². The molecular formula is C12H13NO3. The van der Waals surface area contributed by atoms with Crippen LogP contribution in [0, 0.1) is 0 Å². The lowest BCUT2D eigenvalue weighted by atomic mass is 10.2. The van der Waals surface area contributed by atoms with Crippen LogP contribution in [0.4, 0.5) is 5.69 Å². The maximum Gasteiger partial charge on any atom is 0.265 e. The van der Waals surface area contributed by atoms with Crippen LogP contribution in [0.3, 0.4) is 0 Å². The molecule has 0 saturated heterocycles. The van der Waals surface area contributed by atoms with Crippen LogP contribution in [0.15, 0.2) is 30.4 Å². The quantitative estimate of drug-likeness (QED) is 0.770. The Labute approximate surface area is 93.8 Å². The van der Waals surface area contributed by atoms with Crippen molar-refractivity contribution < 1.29 is 14.6 Å². The fraction of sp³-hybridized carbons (Fsp3) is 0.250. The average molecular weight is 219 g/mol. The molecule has 1 amide bonds. The molecule has 1 aliphatic heterocycles. The van der Waals surface area contributed by atoms with Gasteiger partial charge in [-0.3, -0.25) is 4.79 Å². The molecule has 1 N–H and O–H groups in total. The minimum atomic E-state index is -0.0961. The Morgan fingerprint density at radius 1 is 1.62 bits per heavy atom. The van der Waals surface area contributed by atoms with Crippen LogP contribution in [-0.4, -0.2) is 24.2 Å². The molecule has 0 saturated carbocycles. The van der Waals surface area contributed by atoms with Crippen molar-refractivity contribution in [2.24, 2.45) is 0 Å². The zero-order valence-corrected chi connectivity index (χ0v) is 9.06. The third kappa shape index (κ3) is 1.86. The van der Waals surface area contributed by atoms with Gasteiger partial charge < -0.3 is 14.7 Å². The van der Waals surface area contributed by atoms with E-state index in [2.05, 4.69) is 6.58 Å². The van der Waals surface area contributed by atoms with Crippen LogP contribution in [0.25, 0.3) is 0 Å². The third-order valence-electron chi connectivity index (χ3n) is 2.31. The fourth-order valence-corrected chi connectivity index (χ4v) is 1.64. The second-order valence-corrected chi connectivity index (χ2v) is 3.88. The van der Waals surface area contributed by atoms with Gasteiger partial charge in [0.25, 0.3) is 5.91 Å². The number of anilines is 1. The Balaban J connectivity index is 2.40. The molecule has 0 aromatic heterocycles. The Morgan fingerprint density at radius 3 is 3.06 bits per heavy atom. The molecule has 0 radical (unpaired) electrons. The van der Waals surface area contributed by atoms with Gasteiger partial charge in [-0.2, -0.15) is 0 Å². The topological polar surface area (TPSA) is 49.8 Å². The number of fused-ring (bicyclic) bond motifs is 1. The highest BCUT2D eigenvalue weighted by molar-refractivity contribution is 5.98. The van der Waals surface area contributed by atoms with E-state index in [1.165, 1.54) is 12.1 Å². The first-order chi connectivity index (χ1) is 7.58. The second kappa shape index (κ2) is 3.89. The molecule has 16 heavy (non-hydrogen) atoms. The molecule has 0 bridgehead atoms. The Bertz CT molecular complexity index is 454. The summed E-state index contributed by atoms with van der Waals surface area (Å²) in [6, 6.07) is 4.71. The van der Waals surface area contributed by atoms with Crippen molar-refractivity contribution in [2.45, 2.75) is 6.92 Å². The highest BCUT2D eigenvalue weighted by atomic mass is 16.5. The highest BCUT2D eigenvalue weighted by Gasteiger charge is 2.25. The van der Waals surface area contributed by atoms with Crippen molar-refractivity contribution in [1.29, 1.82) is 0 Å². The lowest BCUT2D eigenvalue weighted by Gasteiger charge is -2.29. The summed E-state index contributed by atoms with van der Waals surface area (Å²) in [5.41, 5.74) is 1.58. The molecule has 2 rings (SSSR count). The number of carbonyl (C=O) groups excluding carboxylic acids is 1. The normalized spacial score (nSPS) is 14.3.